The van der Waals surface area contributed by atoms with Crippen LogP contribution in [-0.2, 0) is 12.5 Å². The molecule has 92 valence electrons. The largest absolute Gasteiger partial charge is 0.348 e. The van der Waals surface area contributed by atoms with E-state index < -0.39 is 0 Å². The van der Waals surface area contributed by atoms with Crippen LogP contribution in [0.25, 0.3) is 10.9 Å². The second-order valence-corrected chi connectivity index (χ2v) is 5.63. The predicted molar refractivity (Wildman–Crippen MR) is 74.5 cm³/mol. The van der Waals surface area contributed by atoms with Crippen molar-refractivity contribution in [3.05, 3.63) is 35.0 Å². The van der Waals surface area contributed by atoms with Crippen molar-refractivity contribution in [3.63, 3.8) is 0 Å². The average molecular weight is 230 g/mol. The Kier molecular flexibility index (Phi) is 2.78. The summed E-state index contributed by atoms with van der Waals surface area (Å²) in [6.07, 6.45) is 0. The summed E-state index contributed by atoms with van der Waals surface area (Å²) < 4.78 is 2.27. The molecule has 1 aromatic heterocycles. The smallest absolute Gasteiger partial charge is 0.0485 e. The Morgan fingerprint density at radius 3 is 2.47 bits per heavy atom. The molecule has 0 aliphatic rings. The van der Waals surface area contributed by atoms with E-state index in [1.54, 1.807) is 0 Å². The summed E-state index contributed by atoms with van der Waals surface area (Å²) in [5.74, 6) is 0. The van der Waals surface area contributed by atoms with Crippen molar-refractivity contribution < 1.29 is 0 Å². The van der Waals surface area contributed by atoms with Gasteiger partial charge in [0.25, 0.3) is 0 Å². The van der Waals surface area contributed by atoms with E-state index in [0.717, 1.165) is 0 Å². The van der Waals surface area contributed by atoms with E-state index in [1.807, 2.05) is 0 Å². The van der Waals surface area contributed by atoms with Crippen molar-refractivity contribution in [2.75, 3.05) is 6.54 Å². The maximum atomic E-state index is 5.93. The molecule has 2 heteroatoms. The summed E-state index contributed by atoms with van der Waals surface area (Å²) in [4.78, 5) is 0. The fourth-order valence-electron chi connectivity index (χ4n) is 2.63. The highest BCUT2D eigenvalue weighted by molar-refractivity contribution is 5.87. The van der Waals surface area contributed by atoms with E-state index in [2.05, 4.69) is 57.5 Å². The van der Waals surface area contributed by atoms with Gasteiger partial charge in [-0.1, -0.05) is 26.0 Å². The van der Waals surface area contributed by atoms with Crippen molar-refractivity contribution >= 4 is 10.9 Å². The number of fused-ring (bicyclic) bond motifs is 1. The van der Waals surface area contributed by atoms with Crippen molar-refractivity contribution in [2.24, 2.45) is 12.8 Å². The monoisotopic (exact) mass is 230 g/mol. The second-order valence-electron chi connectivity index (χ2n) is 5.63. The Bertz CT molecular complexity index is 562. The third-order valence-electron chi connectivity index (χ3n) is 3.84. The van der Waals surface area contributed by atoms with E-state index >= 15 is 0 Å². The average Bonchev–Trinajstić information content (AvgIpc) is 2.53. The van der Waals surface area contributed by atoms with Crippen molar-refractivity contribution in [1.82, 2.24) is 4.57 Å². The SMILES string of the molecule is Cc1ccc2c(C(C)(C)CN)c(C)n(C)c2c1. The van der Waals surface area contributed by atoms with Gasteiger partial charge in [0, 0.05) is 35.6 Å². The van der Waals surface area contributed by atoms with Crippen LogP contribution in [0.2, 0.25) is 0 Å². The zero-order valence-corrected chi connectivity index (χ0v) is 11.5. The molecule has 0 aliphatic heterocycles. The molecular formula is C15H22N2. The molecule has 2 rings (SSSR count). The van der Waals surface area contributed by atoms with Crippen LogP contribution in [0, 0.1) is 13.8 Å². The predicted octanol–water partition coefficient (Wildman–Crippen LogP) is 3.03. The molecule has 2 N–H and O–H groups in total. The number of nitrogens with two attached hydrogens (primary N) is 1. The van der Waals surface area contributed by atoms with Gasteiger partial charge in [0.2, 0.25) is 0 Å². The van der Waals surface area contributed by atoms with E-state index in [1.165, 1.54) is 27.7 Å². The maximum Gasteiger partial charge on any atom is 0.0485 e. The topological polar surface area (TPSA) is 30.9 Å². The highest BCUT2D eigenvalue weighted by Crippen LogP contribution is 2.34. The Morgan fingerprint density at radius 1 is 1.24 bits per heavy atom. The number of aryl methyl sites for hydroxylation is 2. The minimum absolute atomic E-state index is 0.0266. The molecule has 1 aromatic carbocycles. The summed E-state index contributed by atoms with van der Waals surface area (Å²) >= 11 is 0. The van der Waals surface area contributed by atoms with Crippen LogP contribution < -0.4 is 5.73 Å². The van der Waals surface area contributed by atoms with E-state index in [9.17, 15) is 0 Å². The standard InChI is InChI=1S/C15H22N2/c1-10-6-7-12-13(8-10)17(5)11(2)14(12)15(3,4)9-16/h6-8H,9,16H2,1-5H3. The second kappa shape index (κ2) is 3.88. The van der Waals surface area contributed by atoms with Crippen LogP contribution in [-0.4, -0.2) is 11.1 Å². The van der Waals surface area contributed by atoms with Crippen LogP contribution in [0.15, 0.2) is 18.2 Å². The van der Waals surface area contributed by atoms with E-state index in [-0.39, 0.29) is 5.41 Å². The van der Waals surface area contributed by atoms with E-state index in [4.69, 9.17) is 5.73 Å². The molecule has 0 spiro atoms. The number of hydrogen-bond donors (Lipinski definition) is 1. The normalized spacial score (nSPS) is 12.4. The summed E-state index contributed by atoms with van der Waals surface area (Å²) in [7, 11) is 2.13. The third-order valence-corrected chi connectivity index (χ3v) is 3.84. The van der Waals surface area contributed by atoms with Crippen LogP contribution >= 0.6 is 0 Å². The van der Waals surface area contributed by atoms with Gasteiger partial charge in [-0.25, -0.2) is 0 Å². The Hall–Kier alpha value is -1.28. The molecule has 2 nitrogen and oxygen atoms in total. The Balaban J connectivity index is 2.85. The van der Waals surface area contributed by atoms with Gasteiger partial charge in [-0.05, 0) is 31.0 Å². The lowest BCUT2D eigenvalue weighted by Crippen LogP contribution is -2.28. The number of rotatable bonds is 2. The van der Waals surface area contributed by atoms with Crippen LogP contribution in [0.1, 0.15) is 30.7 Å². The lowest BCUT2D eigenvalue weighted by atomic mass is 9.83. The molecule has 0 atom stereocenters. The first kappa shape index (κ1) is 12.2. The van der Waals surface area contributed by atoms with Gasteiger partial charge in [-0.15, -0.1) is 0 Å². The molecule has 0 saturated carbocycles. The van der Waals surface area contributed by atoms with Gasteiger partial charge in [0.1, 0.15) is 0 Å². The van der Waals surface area contributed by atoms with Crippen molar-refractivity contribution in [2.45, 2.75) is 33.1 Å². The lowest BCUT2D eigenvalue weighted by Gasteiger charge is -2.23. The number of nitrogens with zero attached hydrogens (tertiary/aromatic N) is 1. The Morgan fingerprint density at radius 2 is 1.88 bits per heavy atom. The molecule has 2 aromatic rings. The quantitative estimate of drug-likeness (QED) is 0.844. The maximum absolute atomic E-state index is 5.93. The number of aromatic nitrogens is 1. The van der Waals surface area contributed by atoms with Gasteiger partial charge in [0.15, 0.2) is 0 Å². The molecule has 0 radical (unpaired) electrons. The molecule has 0 amide bonds. The van der Waals surface area contributed by atoms with Gasteiger partial charge < -0.3 is 10.3 Å². The summed E-state index contributed by atoms with van der Waals surface area (Å²) in [5.41, 5.74) is 11.3. The Labute approximate surface area is 103 Å². The van der Waals surface area contributed by atoms with Crippen LogP contribution in [0.3, 0.4) is 0 Å². The van der Waals surface area contributed by atoms with Crippen molar-refractivity contribution in [3.8, 4) is 0 Å². The summed E-state index contributed by atoms with van der Waals surface area (Å²) in [6, 6.07) is 6.65. The molecule has 0 unspecified atom stereocenters. The van der Waals surface area contributed by atoms with Crippen LogP contribution in [0.4, 0.5) is 0 Å². The van der Waals surface area contributed by atoms with Crippen LogP contribution in [0.5, 0.6) is 0 Å². The minimum Gasteiger partial charge on any atom is -0.348 e. The van der Waals surface area contributed by atoms with Gasteiger partial charge in [-0.3, -0.25) is 0 Å². The van der Waals surface area contributed by atoms with Gasteiger partial charge in [0.05, 0.1) is 0 Å². The fourth-order valence-corrected chi connectivity index (χ4v) is 2.63. The first-order chi connectivity index (χ1) is 7.88. The summed E-state index contributed by atoms with van der Waals surface area (Å²) in [5, 5.41) is 1.34. The van der Waals surface area contributed by atoms with E-state index in [0.29, 0.717) is 6.54 Å². The molecule has 1 heterocycles. The first-order valence-corrected chi connectivity index (χ1v) is 6.14. The molecule has 0 bridgehead atoms. The molecule has 0 saturated heterocycles. The zero-order chi connectivity index (χ0) is 12.8. The zero-order valence-electron chi connectivity index (χ0n) is 11.5. The molecule has 17 heavy (non-hydrogen) atoms. The highest BCUT2D eigenvalue weighted by atomic mass is 14.9. The molecule has 0 aliphatic carbocycles. The lowest BCUT2D eigenvalue weighted by molar-refractivity contribution is 0.537. The number of hydrogen-bond acceptors (Lipinski definition) is 1. The van der Waals surface area contributed by atoms with Gasteiger partial charge in [-0.2, -0.15) is 0 Å². The minimum atomic E-state index is 0.0266. The molecule has 0 fully saturated rings. The third kappa shape index (κ3) is 1.77. The first-order valence-electron chi connectivity index (χ1n) is 6.14. The van der Waals surface area contributed by atoms with Crippen molar-refractivity contribution in [1.29, 1.82) is 0 Å². The number of benzene rings is 1. The van der Waals surface area contributed by atoms with Gasteiger partial charge >= 0.3 is 0 Å². The fraction of sp³-hybridized carbons (Fsp3) is 0.467. The molecular weight excluding hydrogens is 208 g/mol. The summed E-state index contributed by atoms with van der Waals surface area (Å²) in [6.45, 7) is 9.42. The highest BCUT2D eigenvalue weighted by Gasteiger charge is 2.26.